The first-order chi connectivity index (χ1) is 7.67. The van der Waals surface area contributed by atoms with E-state index in [2.05, 4.69) is 5.32 Å². The van der Waals surface area contributed by atoms with E-state index in [9.17, 15) is 4.79 Å². The topological polar surface area (TPSA) is 47.6 Å². The van der Waals surface area contributed by atoms with Crippen LogP contribution >= 0.6 is 11.6 Å². The zero-order valence-corrected chi connectivity index (χ0v) is 9.95. The Kier molecular flexibility index (Phi) is 4.92. The smallest absolute Gasteiger partial charge is 0.412 e. The van der Waals surface area contributed by atoms with E-state index < -0.39 is 6.09 Å². The van der Waals surface area contributed by atoms with Gasteiger partial charge in [0, 0.05) is 0 Å². The summed E-state index contributed by atoms with van der Waals surface area (Å²) >= 11 is 5.53. The van der Waals surface area contributed by atoms with Crippen molar-refractivity contribution in [1.29, 1.82) is 0 Å². The summed E-state index contributed by atoms with van der Waals surface area (Å²) in [4.78, 5) is 11.4. The maximum Gasteiger partial charge on any atom is 0.412 e. The van der Waals surface area contributed by atoms with E-state index in [0.717, 1.165) is 0 Å². The molecule has 0 radical (unpaired) electrons. The predicted molar refractivity (Wildman–Crippen MR) is 63.3 cm³/mol. The van der Waals surface area contributed by atoms with Crippen LogP contribution in [0.25, 0.3) is 0 Å². The minimum absolute atomic E-state index is 0.263. The van der Waals surface area contributed by atoms with Gasteiger partial charge in [-0.25, -0.2) is 4.79 Å². The van der Waals surface area contributed by atoms with Gasteiger partial charge in [0.2, 0.25) is 0 Å². The zero-order chi connectivity index (χ0) is 12.0. The van der Waals surface area contributed by atoms with Crippen LogP contribution in [0.5, 0.6) is 5.75 Å². The molecule has 0 heterocycles. The van der Waals surface area contributed by atoms with Crippen LogP contribution in [0.15, 0.2) is 24.3 Å². The van der Waals surface area contributed by atoms with Gasteiger partial charge >= 0.3 is 6.09 Å². The number of hydrogen-bond acceptors (Lipinski definition) is 3. The van der Waals surface area contributed by atoms with Crippen molar-refractivity contribution >= 4 is 23.4 Å². The third-order valence-corrected chi connectivity index (χ3v) is 2.30. The first-order valence-corrected chi connectivity index (χ1v) is 5.37. The lowest BCUT2D eigenvalue weighted by Gasteiger charge is -2.12. The number of amides is 1. The predicted octanol–water partition coefficient (Wildman–Crippen LogP) is 2.87. The van der Waals surface area contributed by atoms with Crippen molar-refractivity contribution in [2.45, 2.75) is 13.0 Å². The number of hydrogen-bond donors (Lipinski definition) is 1. The molecule has 1 aromatic carbocycles. The highest BCUT2D eigenvalue weighted by molar-refractivity contribution is 6.18. The van der Waals surface area contributed by atoms with E-state index in [4.69, 9.17) is 21.1 Å². The molecule has 1 aromatic rings. The highest BCUT2D eigenvalue weighted by Crippen LogP contribution is 2.23. The Hall–Kier alpha value is -1.42. The van der Waals surface area contributed by atoms with Crippen molar-refractivity contribution in [3.63, 3.8) is 0 Å². The number of nitrogens with one attached hydrogen (secondary N) is 1. The fourth-order valence-corrected chi connectivity index (χ4v) is 1.16. The lowest BCUT2D eigenvalue weighted by Crippen LogP contribution is -2.21. The molecule has 88 valence electrons. The number of ether oxygens (including phenoxy) is 2. The summed E-state index contributed by atoms with van der Waals surface area (Å²) in [5.41, 5.74) is 0.566. The Bertz CT molecular complexity index is 357. The van der Waals surface area contributed by atoms with Crippen LogP contribution in [0, 0.1) is 0 Å². The van der Waals surface area contributed by atoms with Crippen molar-refractivity contribution in [1.82, 2.24) is 0 Å². The lowest BCUT2D eigenvalue weighted by molar-refractivity contribution is 0.131. The summed E-state index contributed by atoms with van der Waals surface area (Å²) in [5, 5.41) is 2.58. The van der Waals surface area contributed by atoms with E-state index >= 15 is 0 Å². The summed E-state index contributed by atoms with van der Waals surface area (Å²) in [6.07, 6.45) is -0.867. The molecule has 0 aliphatic carbocycles. The van der Waals surface area contributed by atoms with Crippen LogP contribution < -0.4 is 10.1 Å². The maximum atomic E-state index is 11.4. The van der Waals surface area contributed by atoms with Gasteiger partial charge in [-0.2, -0.15) is 0 Å². The molecule has 1 N–H and O–H groups in total. The summed E-state index contributed by atoms with van der Waals surface area (Å²) in [6.45, 7) is 1.72. The number of carbonyl (C=O) groups is 1. The largest absolute Gasteiger partial charge is 0.495 e. The average molecular weight is 244 g/mol. The van der Waals surface area contributed by atoms with E-state index in [1.807, 2.05) is 6.07 Å². The van der Waals surface area contributed by atoms with Crippen molar-refractivity contribution in [3.05, 3.63) is 24.3 Å². The van der Waals surface area contributed by atoms with Crippen molar-refractivity contribution in [3.8, 4) is 5.75 Å². The van der Waals surface area contributed by atoms with Gasteiger partial charge in [0.1, 0.15) is 11.9 Å². The molecule has 0 saturated heterocycles. The molecule has 0 bridgehead atoms. The molecule has 4 nitrogen and oxygen atoms in total. The van der Waals surface area contributed by atoms with Gasteiger partial charge in [0.05, 0.1) is 18.7 Å². The van der Waals surface area contributed by atoms with Crippen LogP contribution in [0.1, 0.15) is 6.92 Å². The van der Waals surface area contributed by atoms with Crippen LogP contribution in [0.4, 0.5) is 10.5 Å². The summed E-state index contributed by atoms with van der Waals surface area (Å²) in [7, 11) is 1.53. The minimum Gasteiger partial charge on any atom is -0.495 e. The number of para-hydroxylation sites is 2. The Balaban J connectivity index is 2.62. The SMILES string of the molecule is COc1ccccc1NC(=O)OC(C)CCl. The summed E-state index contributed by atoms with van der Waals surface area (Å²) in [6, 6.07) is 7.09. The molecule has 0 fully saturated rings. The third-order valence-electron chi connectivity index (χ3n) is 1.87. The van der Waals surface area contributed by atoms with Crippen LogP contribution in [-0.2, 0) is 4.74 Å². The zero-order valence-electron chi connectivity index (χ0n) is 9.20. The van der Waals surface area contributed by atoms with Crippen LogP contribution in [0.3, 0.4) is 0 Å². The average Bonchev–Trinajstić information content (AvgIpc) is 2.29. The molecular formula is C11H14ClNO3. The van der Waals surface area contributed by atoms with E-state index in [0.29, 0.717) is 11.4 Å². The number of rotatable bonds is 4. The monoisotopic (exact) mass is 243 g/mol. The van der Waals surface area contributed by atoms with Gasteiger partial charge in [-0.3, -0.25) is 5.32 Å². The van der Waals surface area contributed by atoms with Gasteiger partial charge in [-0.05, 0) is 19.1 Å². The number of methoxy groups -OCH3 is 1. The quantitative estimate of drug-likeness (QED) is 0.828. The van der Waals surface area contributed by atoms with Gasteiger partial charge in [-0.15, -0.1) is 11.6 Å². The highest BCUT2D eigenvalue weighted by Gasteiger charge is 2.10. The fourth-order valence-electron chi connectivity index (χ4n) is 1.10. The normalized spacial score (nSPS) is 11.7. The molecule has 1 rings (SSSR count). The van der Waals surface area contributed by atoms with Crippen LogP contribution in [0.2, 0.25) is 0 Å². The molecule has 0 aliphatic heterocycles. The third kappa shape index (κ3) is 3.62. The molecule has 0 aromatic heterocycles. The molecule has 0 spiro atoms. The van der Waals surface area contributed by atoms with Crippen LogP contribution in [-0.4, -0.2) is 25.2 Å². The van der Waals surface area contributed by atoms with E-state index in [-0.39, 0.29) is 12.0 Å². The molecule has 16 heavy (non-hydrogen) atoms. The lowest BCUT2D eigenvalue weighted by atomic mass is 10.3. The Morgan fingerprint density at radius 2 is 2.19 bits per heavy atom. The molecule has 1 atom stereocenters. The van der Waals surface area contributed by atoms with E-state index in [1.165, 1.54) is 7.11 Å². The number of alkyl halides is 1. The van der Waals surface area contributed by atoms with Gasteiger partial charge in [-0.1, -0.05) is 12.1 Å². The molecule has 0 saturated carbocycles. The standard InChI is InChI=1S/C11H14ClNO3/c1-8(7-12)16-11(14)13-9-5-3-4-6-10(9)15-2/h3-6,8H,7H2,1-2H3,(H,13,14). The fraction of sp³-hybridized carbons (Fsp3) is 0.364. The first kappa shape index (κ1) is 12.6. The molecule has 0 aliphatic rings. The Labute approximate surface area is 99.5 Å². The number of halogens is 1. The number of carbonyl (C=O) groups excluding carboxylic acids is 1. The summed E-state index contributed by atoms with van der Waals surface area (Å²) in [5.74, 6) is 0.845. The number of benzene rings is 1. The highest BCUT2D eigenvalue weighted by atomic mass is 35.5. The van der Waals surface area contributed by atoms with Gasteiger partial charge < -0.3 is 9.47 Å². The van der Waals surface area contributed by atoms with Gasteiger partial charge in [0.15, 0.2) is 0 Å². The number of anilines is 1. The summed E-state index contributed by atoms with van der Waals surface area (Å²) < 4.78 is 10.0. The Morgan fingerprint density at radius 3 is 2.81 bits per heavy atom. The van der Waals surface area contributed by atoms with Crippen molar-refractivity contribution < 1.29 is 14.3 Å². The minimum atomic E-state index is -0.544. The van der Waals surface area contributed by atoms with E-state index in [1.54, 1.807) is 25.1 Å². The maximum absolute atomic E-state index is 11.4. The van der Waals surface area contributed by atoms with Gasteiger partial charge in [0.25, 0.3) is 0 Å². The first-order valence-electron chi connectivity index (χ1n) is 4.84. The Morgan fingerprint density at radius 1 is 1.50 bits per heavy atom. The molecule has 1 amide bonds. The molecule has 5 heteroatoms. The van der Waals surface area contributed by atoms with Crippen molar-refractivity contribution in [2.24, 2.45) is 0 Å². The molecular weight excluding hydrogens is 230 g/mol. The van der Waals surface area contributed by atoms with Crippen molar-refractivity contribution in [2.75, 3.05) is 18.3 Å². The second-order valence-electron chi connectivity index (χ2n) is 3.20. The second kappa shape index (κ2) is 6.23. The second-order valence-corrected chi connectivity index (χ2v) is 3.50. The molecule has 1 unspecified atom stereocenters.